The Morgan fingerprint density at radius 1 is 1.11 bits per heavy atom. The summed E-state index contributed by atoms with van der Waals surface area (Å²) < 4.78 is 68.2. The highest BCUT2D eigenvalue weighted by molar-refractivity contribution is 7.92. The number of anilines is 1. The lowest BCUT2D eigenvalue weighted by molar-refractivity contribution is 0.0927. The second-order valence-electron chi connectivity index (χ2n) is 8.73. The predicted molar refractivity (Wildman–Crippen MR) is 132 cm³/mol. The van der Waals surface area contributed by atoms with Crippen LogP contribution in [-0.4, -0.2) is 31.8 Å². The zero-order valence-corrected chi connectivity index (χ0v) is 20.5. The van der Waals surface area contributed by atoms with E-state index in [9.17, 15) is 22.0 Å². The summed E-state index contributed by atoms with van der Waals surface area (Å²) in [4.78, 5) is 16.2. The summed E-state index contributed by atoms with van der Waals surface area (Å²) in [6.07, 6.45) is 2.12. The second-order valence-corrected chi connectivity index (χ2v) is 10.6. The van der Waals surface area contributed by atoms with Crippen molar-refractivity contribution in [3.8, 4) is 16.9 Å². The van der Waals surface area contributed by atoms with Crippen LogP contribution >= 0.6 is 0 Å². The van der Waals surface area contributed by atoms with Gasteiger partial charge in [-0.15, -0.1) is 0 Å². The molecule has 0 unspecified atom stereocenters. The molecule has 0 amide bonds. The van der Waals surface area contributed by atoms with Gasteiger partial charge in [0.1, 0.15) is 23.5 Å². The van der Waals surface area contributed by atoms with E-state index in [1.165, 1.54) is 34.8 Å². The van der Waals surface area contributed by atoms with Crippen LogP contribution in [0, 0.1) is 18.6 Å². The molecule has 2 heterocycles. The van der Waals surface area contributed by atoms with Crippen molar-refractivity contribution >= 4 is 21.5 Å². The molecule has 0 spiro atoms. The fourth-order valence-electron chi connectivity index (χ4n) is 4.25. The SMILES string of the molecule is Cc1cccc(S(=O)(=O)N2C[C@H](CCC(=O)c3cnco3)Oc3ccc(-c4cc(F)ccc4F)cc32)c1. The molecule has 1 atom stereocenters. The van der Waals surface area contributed by atoms with E-state index in [0.717, 1.165) is 30.2 Å². The molecule has 1 aliphatic rings. The lowest BCUT2D eigenvalue weighted by Gasteiger charge is -2.36. The number of nitrogens with zero attached hydrogens (tertiary/aromatic N) is 2. The van der Waals surface area contributed by atoms with Gasteiger partial charge in [-0.3, -0.25) is 9.10 Å². The molecule has 3 aromatic carbocycles. The molecule has 0 radical (unpaired) electrons. The van der Waals surface area contributed by atoms with Gasteiger partial charge >= 0.3 is 0 Å². The molecular weight excluding hydrogens is 502 g/mol. The Labute approximate surface area is 212 Å². The Kier molecular flexibility index (Phi) is 6.51. The van der Waals surface area contributed by atoms with Crippen LogP contribution in [0.15, 0.2) is 82.6 Å². The van der Waals surface area contributed by atoms with Gasteiger partial charge in [-0.25, -0.2) is 22.2 Å². The molecule has 0 aliphatic carbocycles. The topological polar surface area (TPSA) is 89.7 Å². The van der Waals surface area contributed by atoms with Crippen LogP contribution < -0.4 is 9.04 Å². The zero-order valence-electron chi connectivity index (χ0n) is 19.7. The maximum Gasteiger partial charge on any atom is 0.264 e. The molecule has 1 aliphatic heterocycles. The minimum Gasteiger partial charge on any atom is -0.486 e. The van der Waals surface area contributed by atoms with Crippen molar-refractivity contribution in [3.63, 3.8) is 0 Å². The zero-order chi connectivity index (χ0) is 26.2. The van der Waals surface area contributed by atoms with Gasteiger partial charge in [-0.1, -0.05) is 18.2 Å². The number of sulfonamides is 1. The molecule has 0 saturated heterocycles. The smallest absolute Gasteiger partial charge is 0.264 e. The quantitative estimate of drug-likeness (QED) is 0.295. The first kappa shape index (κ1) is 24.6. The van der Waals surface area contributed by atoms with Crippen LogP contribution in [0.5, 0.6) is 5.75 Å². The summed E-state index contributed by atoms with van der Waals surface area (Å²) in [6.45, 7) is 1.71. The van der Waals surface area contributed by atoms with Gasteiger partial charge in [0.05, 0.1) is 23.3 Å². The third-order valence-electron chi connectivity index (χ3n) is 6.11. The maximum absolute atomic E-state index is 14.5. The van der Waals surface area contributed by atoms with Gasteiger partial charge in [-0.05, 0) is 66.9 Å². The van der Waals surface area contributed by atoms with Crippen LogP contribution in [0.1, 0.15) is 29.0 Å². The molecule has 0 N–H and O–H groups in total. The summed E-state index contributed by atoms with van der Waals surface area (Å²) in [5.41, 5.74) is 1.25. The van der Waals surface area contributed by atoms with Crippen molar-refractivity contribution in [1.29, 1.82) is 0 Å². The number of benzene rings is 3. The molecule has 1 aromatic heterocycles. The number of rotatable bonds is 7. The fourth-order valence-corrected chi connectivity index (χ4v) is 5.85. The number of oxazole rings is 1. The fraction of sp³-hybridized carbons (Fsp3) is 0.185. The molecule has 0 fully saturated rings. The normalized spacial score (nSPS) is 15.2. The second kappa shape index (κ2) is 9.78. The van der Waals surface area contributed by atoms with Crippen molar-refractivity contribution in [2.75, 3.05) is 10.8 Å². The Balaban J connectivity index is 1.53. The van der Waals surface area contributed by atoms with Crippen molar-refractivity contribution in [1.82, 2.24) is 4.98 Å². The highest BCUT2D eigenvalue weighted by atomic mass is 32.2. The molecule has 37 heavy (non-hydrogen) atoms. The number of fused-ring (bicyclic) bond motifs is 1. The largest absolute Gasteiger partial charge is 0.486 e. The van der Waals surface area contributed by atoms with E-state index in [2.05, 4.69) is 4.98 Å². The Bertz CT molecular complexity index is 1570. The van der Waals surface area contributed by atoms with Gasteiger partial charge in [0.15, 0.2) is 17.9 Å². The van der Waals surface area contributed by atoms with E-state index < -0.39 is 27.8 Å². The predicted octanol–water partition coefficient (Wildman–Crippen LogP) is 5.55. The monoisotopic (exact) mass is 524 g/mol. The Morgan fingerprint density at radius 3 is 2.70 bits per heavy atom. The minimum atomic E-state index is -4.06. The van der Waals surface area contributed by atoms with Crippen LogP contribution in [0.4, 0.5) is 14.5 Å². The van der Waals surface area contributed by atoms with E-state index in [4.69, 9.17) is 9.15 Å². The number of carbonyl (C=O) groups excluding carboxylic acids is 1. The number of Topliss-reactive ketones (excluding diaryl/α,β-unsaturated/α-hetero) is 1. The number of hydrogen-bond acceptors (Lipinski definition) is 6. The molecular formula is C27H22F2N2O5S. The first-order chi connectivity index (χ1) is 17.7. The summed E-state index contributed by atoms with van der Waals surface area (Å²) in [5.74, 6) is -1.18. The highest BCUT2D eigenvalue weighted by Gasteiger charge is 2.35. The van der Waals surface area contributed by atoms with Crippen molar-refractivity contribution < 1.29 is 31.1 Å². The molecule has 4 aromatic rings. The van der Waals surface area contributed by atoms with E-state index in [0.29, 0.717) is 5.56 Å². The number of aryl methyl sites for hydroxylation is 1. The molecule has 190 valence electrons. The molecule has 10 heteroatoms. The molecule has 0 saturated carbocycles. The van der Waals surface area contributed by atoms with Gasteiger partial charge in [0, 0.05) is 12.0 Å². The molecule has 7 nitrogen and oxygen atoms in total. The van der Waals surface area contributed by atoms with Gasteiger partial charge in [-0.2, -0.15) is 0 Å². The summed E-state index contributed by atoms with van der Waals surface area (Å²) in [5, 5.41) is 0. The van der Waals surface area contributed by atoms with Crippen molar-refractivity contribution in [3.05, 3.63) is 96.2 Å². The number of halogens is 2. The molecule has 5 rings (SSSR count). The standard InChI is InChI=1S/C27H22F2N2O5S/c1-17-3-2-4-21(11-17)37(33,34)31-15-20(7-9-25(32)27-14-30-16-35-27)36-26-10-5-18(12-24(26)31)22-13-19(28)6-8-23(22)29/h2-6,8,10-14,16,20H,7,9,15H2,1H3/t20-/m0/s1. The molecule has 0 bridgehead atoms. The van der Waals surface area contributed by atoms with Gasteiger partial charge in [0.25, 0.3) is 10.0 Å². The van der Waals surface area contributed by atoms with Crippen LogP contribution in [0.2, 0.25) is 0 Å². The van der Waals surface area contributed by atoms with Crippen molar-refractivity contribution in [2.24, 2.45) is 0 Å². The van der Waals surface area contributed by atoms with Gasteiger partial charge < -0.3 is 9.15 Å². The maximum atomic E-state index is 14.5. The summed E-state index contributed by atoms with van der Waals surface area (Å²) >= 11 is 0. The average Bonchev–Trinajstić information content (AvgIpc) is 3.43. The van der Waals surface area contributed by atoms with E-state index in [1.54, 1.807) is 25.1 Å². The number of hydrogen-bond donors (Lipinski definition) is 0. The Morgan fingerprint density at radius 2 is 1.95 bits per heavy atom. The third kappa shape index (κ3) is 4.97. The summed E-state index contributed by atoms with van der Waals surface area (Å²) in [6, 6.07) is 14.1. The minimum absolute atomic E-state index is 0.00418. The lowest BCUT2D eigenvalue weighted by atomic mass is 10.0. The van der Waals surface area contributed by atoms with Crippen LogP contribution in [-0.2, 0) is 10.0 Å². The first-order valence-electron chi connectivity index (χ1n) is 11.5. The first-order valence-corrected chi connectivity index (χ1v) is 12.9. The van der Waals surface area contributed by atoms with E-state index in [-0.39, 0.29) is 52.8 Å². The van der Waals surface area contributed by atoms with E-state index in [1.807, 2.05) is 0 Å². The van der Waals surface area contributed by atoms with E-state index >= 15 is 0 Å². The average molecular weight is 525 g/mol. The lowest BCUT2D eigenvalue weighted by Crippen LogP contribution is -2.43. The van der Waals surface area contributed by atoms with Crippen LogP contribution in [0.3, 0.4) is 0 Å². The highest BCUT2D eigenvalue weighted by Crippen LogP contribution is 2.41. The van der Waals surface area contributed by atoms with Crippen LogP contribution in [0.25, 0.3) is 11.1 Å². The van der Waals surface area contributed by atoms with Gasteiger partial charge in [0.2, 0.25) is 0 Å². The number of ether oxygens (including phenoxy) is 1. The number of ketones is 1. The van der Waals surface area contributed by atoms with Crippen molar-refractivity contribution in [2.45, 2.75) is 30.8 Å². The third-order valence-corrected chi connectivity index (χ3v) is 7.88. The summed E-state index contributed by atoms with van der Waals surface area (Å²) in [7, 11) is -4.06. The number of aromatic nitrogens is 1. The number of carbonyl (C=O) groups is 1. The Hall–Kier alpha value is -4.05.